The number of aryl methyl sites for hydroxylation is 3. The lowest BCUT2D eigenvalue weighted by molar-refractivity contribution is 1.37. The summed E-state index contributed by atoms with van der Waals surface area (Å²) in [6, 6.07) is 11.0. The Morgan fingerprint density at radius 3 is 1.68 bits per heavy atom. The molecule has 0 heteroatoms. The third-order valence-electron chi connectivity index (χ3n) is 2.72. The van der Waals surface area contributed by atoms with Crippen LogP contribution in [0.2, 0.25) is 0 Å². The Kier molecular flexibility index (Phi) is 12.4. The van der Waals surface area contributed by atoms with Gasteiger partial charge < -0.3 is 0 Å². The molecule has 2 aromatic carbocycles. The molecule has 0 fully saturated rings. The fraction of sp³-hybridized carbons (Fsp3) is 0.474. The molecular formula is C19H32. The van der Waals surface area contributed by atoms with E-state index in [1.54, 1.807) is 0 Å². The number of hydrogen-bond donors (Lipinski definition) is 0. The van der Waals surface area contributed by atoms with Crippen LogP contribution in [-0.2, 0) is 0 Å². The van der Waals surface area contributed by atoms with E-state index in [0.29, 0.717) is 0 Å². The Balaban J connectivity index is 0. The van der Waals surface area contributed by atoms with Crippen molar-refractivity contribution in [3.05, 3.63) is 47.0 Å². The van der Waals surface area contributed by atoms with Crippen LogP contribution < -0.4 is 0 Å². The second-order valence-electron chi connectivity index (χ2n) is 3.73. The molecule has 108 valence electrons. The van der Waals surface area contributed by atoms with Gasteiger partial charge in [-0.05, 0) is 42.7 Å². The largest absolute Gasteiger partial charge is 0.0683 e. The van der Waals surface area contributed by atoms with E-state index in [1.165, 1.54) is 27.5 Å². The highest BCUT2D eigenvalue weighted by Crippen LogP contribution is 2.22. The lowest BCUT2D eigenvalue weighted by Crippen LogP contribution is -1.83. The van der Waals surface area contributed by atoms with Crippen LogP contribution in [0, 0.1) is 20.8 Å². The number of fused-ring (bicyclic) bond motifs is 1. The molecule has 2 rings (SSSR count). The summed E-state index contributed by atoms with van der Waals surface area (Å²) < 4.78 is 0. The highest BCUT2D eigenvalue weighted by molar-refractivity contribution is 5.87. The molecular weight excluding hydrogens is 228 g/mol. The van der Waals surface area contributed by atoms with E-state index >= 15 is 0 Å². The van der Waals surface area contributed by atoms with Gasteiger partial charge in [0.15, 0.2) is 0 Å². The fourth-order valence-electron chi connectivity index (χ4n) is 1.71. The van der Waals surface area contributed by atoms with Gasteiger partial charge in [0.1, 0.15) is 0 Å². The molecule has 0 saturated heterocycles. The highest BCUT2D eigenvalue weighted by atomic mass is 14.0. The van der Waals surface area contributed by atoms with Gasteiger partial charge in [-0.25, -0.2) is 0 Å². The first kappa shape index (κ1) is 20.0. The van der Waals surface area contributed by atoms with Crippen molar-refractivity contribution in [2.24, 2.45) is 0 Å². The van der Waals surface area contributed by atoms with Crippen LogP contribution in [0.15, 0.2) is 30.3 Å². The number of rotatable bonds is 0. The van der Waals surface area contributed by atoms with E-state index in [4.69, 9.17) is 0 Å². The van der Waals surface area contributed by atoms with Crippen LogP contribution in [0.5, 0.6) is 0 Å². The van der Waals surface area contributed by atoms with E-state index < -0.39 is 0 Å². The first-order valence-corrected chi connectivity index (χ1v) is 7.65. The van der Waals surface area contributed by atoms with Crippen molar-refractivity contribution in [3.8, 4) is 0 Å². The molecule has 0 aliphatic carbocycles. The minimum absolute atomic E-state index is 1.33. The topological polar surface area (TPSA) is 0 Å². The monoisotopic (exact) mass is 260 g/mol. The van der Waals surface area contributed by atoms with Crippen molar-refractivity contribution in [1.29, 1.82) is 0 Å². The predicted molar refractivity (Wildman–Crippen MR) is 92.2 cm³/mol. The molecule has 0 unspecified atom stereocenters. The summed E-state index contributed by atoms with van der Waals surface area (Å²) in [5, 5.41) is 2.73. The number of benzene rings is 2. The van der Waals surface area contributed by atoms with E-state index in [9.17, 15) is 0 Å². The normalized spacial score (nSPS) is 8.26. The van der Waals surface area contributed by atoms with Crippen LogP contribution in [0.4, 0.5) is 0 Å². The van der Waals surface area contributed by atoms with Gasteiger partial charge in [-0.3, -0.25) is 0 Å². The molecule has 0 saturated carbocycles. The lowest BCUT2D eigenvalue weighted by atomic mass is 10.00. The van der Waals surface area contributed by atoms with Crippen LogP contribution >= 0.6 is 0 Å². The van der Waals surface area contributed by atoms with Gasteiger partial charge in [0.2, 0.25) is 0 Å². The first-order chi connectivity index (χ1) is 9.18. The molecule has 0 N–H and O–H groups in total. The van der Waals surface area contributed by atoms with Gasteiger partial charge in [0.25, 0.3) is 0 Å². The Morgan fingerprint density at radius 1 is 0.632 bits per heavy atom. The van der Waals surface area contributed by atoms with Crippen LogP contribution in [0.1, 0.15) is 58.2 Å². The zero-order chi connectivity index (χ0) is 15.4. The summed E-state index contributed by atoms with van der Waals surface area (Å²) in [7, 11) is 0. The molecule has 19 heavy (non-hydrogen) atoms. The quantitative estimate of drug-likeness (QED) is 0.486. The summed E-state index contributed by atoms with van der Waals surface area (Å²) in [4.78, 5) is 0. The van der Waals surface area contributed by atoms with E-state index in [-0.39, 0.29) is 0 Å². The van der Waals surface area contributed by atoms with Crippen molar-refractivity contribution in [1.82, 2.24) is 0 Å². The summed E-state index contributed by atoms with van der Waals surface area (Å²) in [6.07, 6.45) is 0. The van der Waals surface area contributed by atoms with Crippen molar-refractivity contribution >= 4 is 10.8 Å². The summed E-state index contributed by atoms with van der Waals surface area (Å²) >= 11 is 0. The van der Waals surface area contributed by atoms with Crippen molar-refractivity contribution < 1.29 is 0 Å². The van der Waals surface area contributed by atoms with Gasteiger partial charge >= 0.3 is 0 Å². The lowest BCUT2D eigenvalue weighted by Gasteiger charge is -2.05. The van der Waals surface area contributed by atoms with Gasteiger partial charge in [-0.1, -0.05) is 77.4 Å². The summed E-state index contributed by atoms with van der Waals surface area (Å²) in [5.74, 6) is 0. The minimum atomic E-state index is 1.33. The van der Waals surface area contributed by atoms with Crippen molar-refractivity contribution in [3.63, 3.8) is 0 Å². The molecule has 2 aromatic rings. The maximum Gasteiger partial charge on any atom is -0.0152 e. The average molecular weight is 260 g/mol. The molecule has 0 aromatic heterocycles. The second kappa shape index (κ2) is 11.8. The Bertz CT molecular complexity index is 453. The smallest absolute Gasteiger partial charge is 0.0152 e. The highest BCUT2D eigenvalue weighted by Gasteiger charge is 1.99. The zero-order valence-corrected chi connectivity index (χ0v) is 14.4. The molecule has 0 radical (unpaired) electrons. The van der Waals surface area contributed by atoms with Crippen molar-refractivity contribution in [2.75, 3.05) is 0 Å². The average Bonchev–Trinajstić information content (AvgIpc) is 2.49. The summed E-state index contributed by atoms with van der Waals surface area (Å²) in [5.41, 5.74) is 4.10. The molecule has 0 spiro atoms. The third-order valence-corrected chi connectivity index (χ3v) is 2.72. The fourth-order valence-corrected chi connectivity index (χ4v) is 1.71. The molecule has 0 atom stereocenters. The third kappa shape index (κ3) is 5.92. The van der Waals surface area contributed by atoms with Gasteiger partial charge in [0.05, 0.1) is 0 Å². The number of hydrogen-bond acceptors (Lipinski definition) is 0. The van der Waals surface area contributed by atoms with Gasteiger partial charge in [-0.15, -0.1) is 0 Å². The molecule has 0 nitrogen and oxygen atoms in total. The Labute approximate surface area is 120 Å². The maximum absolute atomic E-state index is 2.24. The van der Waals surface area contributed by atoms with E-state index in [2.05, 4.69) is 51.1 Å². The zero-order valence-electron chi connectivity index (χ0n) is 14.4. The van der Waals surface area contributed by atoms with Gasteiger partial charge in [-0.2, -0.15) is 0 Å². The predicted octanol–water partition coefficient (Wildman–Crippen LogP) is 6.84. The van der Waals surface area contributed by atoms with Crippen molar-refractivity contribution in [2.45, 2.75) is 62.3 Å². The van der Waals surface area contributed by atoms with E-state index in [1.807, 2.05) is 41.5 Å². The molecule has 0 bridgehead atoms. The maximum atomic E-state index is 2.24. The van der Waals surface area contributed by atoms with Crippen LogP contribution in [0.3, 0.4) is 0 Å². The SMILES string of the molecule is CC.CC.CC.Cc1ccc2c(C)c(C)ccc2c1. The standard InChI is InChI=1S/C13H14.3C2H6/c1-9-4-7-13-11(3)10(2)5-6-12(13)8-9;3*1-2/h4-8H,1-3H3;3*1-2H3. The van der Waals surface area contributed by atoms with Gasteiger partial charge in [0, 0.05) is 0 Å². The Morgan fingerprint density at radius 2 is 1.16 bits per heavy atom. The van der Waals surface area contributed by atoms with E-state index in [0.717, 1.165) is 0 Å². The Hall–Kier alpha value is -1.30. The summed E-state index contributed by atoms with van der Waals surface area (Å²) in [6.45, 7) is 18.5. The molecule has 0 heterocycles. The molecule has 0 aliphatic heterocycles. The minimum Gasteiger partial charge on any atom is -0.0683 e. The molecule has 0 amide bonds. The van der Waals surface area contributed by atoms with Crippen LogP contribution in [0.25, 0.3) is 10.8 Å². The second-order valence-corrected chi connectivity index (χ2v) is 3.73. The van der Waals surface area contributed by atoms with Crippen LogP contribution in [-0.4, -0.2) is 0 Å². The first-order valence-electron chi connectivity index (χ1n) is 7.65. The molecule has 0 aliphatic rings.